The molecule has 0 saturated carbocycles. The first kappa shape index (κ1) is 15.1. The molecular formula is C19H27N. The number of rotatable bonds is 3. The Morgan fingerprint density at radius 1 is 0.900 bits per heavy atom. The third kappa shape index (κ3) is 3.61. The van der Waals surface area contributed by atoms with Gasteiger partial charge in [-0.25, -0.2) is 0 Å². The number of hydrogen-bond acceptors (Lipinski definition) is 1. The molecule has 0 heterocycles. The van der Waals surface area contributed by atoms with Crippen LogP contribution in [0.15, 0.2) is 42.5 Å². The Labute approximate surface area is 123 Å². The summed E-state index contributed by atoms with van der Waals surface area (Å²) in [6.45, 7) is 11.1. The van der Waals surface area contributed by atoms with E-state index >= 15 is 0 Å². The van der Waals surface area contributed by atoms with Gasteiger partial charge in [-0.15, -0.1) is 0 Å². The Kier molecular flexibility index (Phi) is 3.93. The van der Waals surface area contributed by atoms with Gasteiger partial charge in [0.1, 0.15) is 0 Å². The molecule has 2 rings (SSSR count). The molecule has 0 spiro atoms. The third-order valence-electron chi connectivity index (χ3n) is 3.95. The number of nitrogens with two attached hydrogens (primary N) is 1. The summed E-state index contributed by atoms with van der Waals surface area (Å²) in [5.41, 5.74) is 7.74. The monoisotopic (exact) mass is 269 g/mol. The summed E-state index contributed by atoms with van der Waals surface area (Å²) in [6.07, 6.45) is 0.995. The largest absolute Gasteiger partial charge is 0.326 e. The second-order valence-corrected chi connectivity index (χ2v) is 7.72. The van der Waals surface area contributed by atoms with Gasteiger partial charge < -0.3 is 5.73 Å². The molecule has 2 N–H and O–H groups in total. The van der Waals surface area contributed by atoms with Crippen molar-refractivity contribution in [1.29, 1.82) is 0 Å². The summed E-state index contributed by atoms with van der Waals surface area (Å²) < 4.78 is 0. The van der Waals surface area contributed by atoms with Gasteiger partial charge in [0.15, 0.2) is 0 Å². The Morgan fingerprint density at radius 3 is 2.05 bits per heavy atom. The summed E-state index contributed by atoms with van der Waals surface area (Å²) in [6, 6.07) is 15.4. The van der Waals surface area contributed by atoms with Crippen molar-refractivity contribution in [2.24, 2.45) is 11.1 Å². The fourth-order valence-corrected chi connectivity index (χ4v) is 2.87. The third-order valence-corrected chi connectivity index (χ3v) is 3.95. The van der Waals surface area contributed by atoms with Gasteiger partial charge in [0.2, 0.25) is 0 Å². The van der Waals surface area contributed by atoms with Crippen LogP contribution in [0.3, 0.4) is 0 Å². The van der Waals surface area contributed by atoms with Crippen LogP contribution in [0.1, 0.15) is 52.5 Å². The van der Waals surface area contributed by atoms with Crippen LogP contribution in [-0.4, -0.2) is 5.54 Å². The molecule has 0 aliphatic heterocycles. The van der Waals surface area contributed by atoms with Crippen LogP contribution in [0.4, 0.5) is 0 Å². The molecule has 0 aromatic heterocycles. The Hall–Kier alpha value is -1.34. The maximum absolute atomic E-state index is 6.28. The zero-order valence-corrected chi connectivity index (χ0v) is 13.4. The van der Waals surface area contributed by atoms with E-state index in [-0.39, 0.29) is 11.0 Å². The molecule has 1 atom stereocenters. The zero-order chi connectivity index (χ0) is 15.0. The molecule has 0 saturated heterocycles. The van der Waals surface area contributed by atoms with E-state index in [4.69, 9.17) is 5.73 Å². The molecule has 0 bridgehead atoms. The van der Waals surface area contributed by atoms with E-state index in [1.807, 2.05) is 0 Å². The van der Waals surface area contributed by atoms with E-state index < -0.39 is 0 Å². The quantitative estimate of drug-likeness (QED) is 0.824. The van der Waals surface area contributed by atoms with Crippen LogP contribution < -0.4 is 5.73 Å². The molecule has 0 aliphatic carbocycles. The van der Waals surface area contributed by atoms with E-state index in [0.717, 1.165) is 6.42 Å². The highest BCUT2D eigenvalue weighted by Crippen LogP contribution is 2.40. The lowest BCUT2D eigenvalue weighted by molar-refractivity contribution is 0.263. The van der Waals surface area contributed by atoms with Crippen molar-refractivity contribution in [3.63, 3.8) is 0 Å². The smallest absolute Gasteiger partial charge is 0.0103 e. The van der Waals surface area contributed by atoms with Crippen molar-refractivity contribution < 1.29 is 0 Å². The first-order valence-electron chi connectivity index (χ1n) is 7.44. The van der Waals surface area contributed by atoms with Crippen LogP contribution in [0.2, 0.25) is 0 Å². The van der Waals surface area contributed by atoms with Gasteiger partial charge in [-0.2, -0.15) is 0 Å². The van der Waals surface area contributed by atoms with Crippen molar-refractivity contribution in [3.8, 4) is 0 Å². The molecule has 0 aliphatic rings. The van der Waals surface area contributed by atoms with Crippen LogP contribution in [0.25, 0.3) is 10.8 Å². The zero-order valence-electron chi connectivity index (χ0n) is 13.4. The highest BCUT2D eigenvalue weighted by Gasteiger charge is 2.30. The molecule has 1 heteroatoms. The van der Waals surface area contributed by atoms with E-state index in [0.29, 0.717) is 5.92 Å². The maximum Gasteiger partial charge on any atom is 0.0103 e. The van der Waals surface area contributed by atoms with Gasteiger partial charge >= 0.3 is 0 Å². The minimum absolute atomic E-state index is 0.149. The van der Waals surface area contributed by atoms with Gasteiger partial charge in [-0.1, -0.05) is 63.2 Å². The van der Waals surface area contributed by atoms with E-state index in [9.17, 15) is 0 Å². The van der Waals surface area contributed by atoms with Crippen molar-refractivity contribution in [2.45, 2.75) is 52.5 Å². The molecule has 1 nitrogen and oxygen atoms in total. The second kappa shape index (κ2) is 5.21. The standard InChI is InChI=1S/C19H27N/c1-18(2,3)17(13-19(4,5)20)16-11-10-14-8-6-7-9-15(14)12-16/h6-12,17H,13,20H2,1-5H3. The van der Waals surface area contributed by atoms with E-state index in [2.05, 4.69) is 77.1 Å². The van der Waals surface area contributed by atoms with Gasteiger partial charge in [-0.3, -0.25) is 0 Å². The SMILES string of the molecule is CC(C)(N)CC(c1ccc2ccccc2c1)C(C)(C)C. The normalized spacial score (nSPS) is 14.5. The van der Waals surface area contributed by atoms with Gasteiger partial charge in [0.05, 0.1) is 0 Å². The van der Waals surface area contributed by atoms with Crippen molar-refractivity contribution in [1.82, 2.24) is 0 Å². The minimum Gasteiger partial charge on any atom is -0.326 e. The minimum atomic E-state index is -0.149. The summed E-state index contributed by atoms with van der Waals surface area (Å²) >= 11 is 0. The topological polar surface area (TPSA) is 26.0 Å². The van der Waals surface area contributed by atoms with Crippen LogP contribution in [0.5, 0.6) is 0 Å². The number of hydrogen-bond donors (Lipinski definition) is 1. The highest BCUT2D eigenvalue weighted by atomic mass is 14.7. The van der Waals surface area contributed by atoms with Crippen molar-refractivity contribution >= 4 is 10.8 Å². The lowest BCUT2D eigenvalue weighted by Crippen LogP contribution is -2.37. The Morgan fingerprint density at radius 2 is 1.50 bits per heavy atom. The summed E-state index contributed by atoms with van der Waals surface area (Å²) in [7, 11) is 0. The molecule has 2 aromatic carbocycles. The molecule has 108 valence electrons. The predicted octanol–water partition coefficient (Wildman–Crippen LogP) is 5.10. The lowest BCUT2D eigenvalue weighted by atomic mass is 9.71. The Balaban J connectivity index is 2.45. The first-order valence-corrected chi connectivity index (χ1v) is 7.44. The molecule has 1 unspecified atom stereocenters. The van der Waals surface area contributed by atoms with Crippen LogP contribution >= 0.6 is 0 Å². The van der Waals surface area contributed by atoms with Crippen molar-refractivity contribution in [3.05, 3.63) is 48.0 Å². The fourth-order valence-electron chi connectivity index (χ4n) is 2.87. The molecule has 20 heavy (non-hydrogen) atoms. The average molecular weight is 269 g/mol. The van der Waals surface area contributed by atoms with Crippen LogP contribution in [0, 0.1) is 5.41 Å². The van der Waals surface area contributed by atoms with Crippen molar-refractivity contribution in [2.75, 3.05) is 0 Å². The van der Waals surface area contributed by atoms with Gasteiger partial charge in [-0.05, 0) is 47.9 Å². The maximum atomic E-state index is 6.28. The molecule has 0 radical (unpaired) electrons. The summed E-state index contributed by atoms with van der Waals surface area (Å²) in [5.74, 6) is 0.465. The van der Waals surface area contributed by atoms with E-state index in [1.165, 1.54) is 16.3 Å². The Bertz CT molecular complexity index is 584. The molecule has 0 amide bonds. The van der Waals surface area contributed by atoms with Gasteiger partial charge in [0.25, 0.3) is 0 Å². The van der Waals surface area contributed by atoms with E-state index in [1.54, 1.807) is 0 Å². The first-order chi connectivity index (χ1) is 9.17. The summed E-state index contributed by atoms with van der Waals surface area (Å²) in [5, 5.41) is 2.62. The number of benzene rings is 2. The highest BCUT2D eigenvalue weighted by molar-refractivity contribution is 5.83. The van der Waals surface area contributed by atoms with Gasteiger partial charge in [0, 0.05) is 5.54 Å². The fraction of sp³-hybridized carbons (Fsp3) is 0.474. The predicted molar refractivity (Wildman–Crippen MR) is 89.0 cm³/mol. The molecule has 2 aromatic rings. The lowest BCUT2D eigenvalue weighted by Gasteiger charge is -2.36. The molecule has 0 fully saturated rings. The molecular weight excluding hydrogens is 242 g/mol. The van der Waals surface area contributed by atoms with Crippen LogP contribution in [-0.2, 0) is 0 Å². The second-order valence-electron chi connectivity index (χ2n) is 7.72. The average Bonchev–Trinajstić information content (AvgIpc) is 2.33. The summed E-state index contributed by atoms with van der Waals surface area (Å²) in [4.78, 5) is 0. The number of fused-ring (bicyclic) bond motifs is 1.